The van der Waals surface area contributed by atoms with Gasteiger partial charge in [-0.3, -0.25) is 0 Å². The Morgan fingerprint density at radius 2 is 1.04 bits per heavy atom. The molecule has 2 aromatic heterocycles. The number of benzene rings is 7. The maximum absolute atomic E-state index is 5.14. The Hall–Kier alpha value is -7.63. The Morgan fingerprint density at radius 3 is 1.74 bits per heavy atom. The van der Waals surface area contributed by atoms with Crippen LogP contribution in [0.4, 0.5) is 11.4 Å². The lowest BCUT2D eigenvalue weighted by atomic mass is 10.0. The highest BCUT2D eigenvalue weighted by atomic mass is 15.2. The normalized spacial score (nSPS) is 13.8. The molecule has 57 heavy (non-hydrogen) atoms. The fraction of sp³-hybridized carbons (Fsp3) is 0.0192. The van der Waals surface area contributed by atoms with Crippen LogP contribution in [0, 0.1) is 0 Å². The Labute approximate surface area is 331 Å². The highest BCUT2D eigenvalue weighted by Crippen LogP contribution is 2.44. The second-order valence-corrected chi connectivity index (χ2v) is 14.1. The molecule has 0 radical (unpaired) electrons. The molecule has 0 saturated heterocycles. The van der Waals surface area contributed by atoms with Gasteiger partial charge in [-0.15, -0.1) is 0 Å². The number of fused-ring (bicyclic) bond motifs is 5. The van der Waals surface area contributed by atoms with E-state index in [1.807, 2.05) is 66.7 Å². The van der Waals surface area contributed by atoms with Crippen LogP contribution in [0.15, 0.2) is 213 Å². The fourth-order valence-corrected chi connectivity index (χ4v) is 7.96. The maximum Gasteiger partial charge on any atom is 0.166 e. The van der Waals surface area contributed by atoms with Crippen molar-refractivity contribution >= 4 is 33.2 Å². The molecule has 0 amide bonds. The van der Waals surface area contributed by atoms with Crippen molar-refractivity contribution in [3.63, 3.8) is 0 Å². The van der Waals surface area contributed by atoms with Crippen LogP contribution in [-0.2, 0) is 6.42 Å². The molecule has 0 fully saturated rings. The number of allylic oxidation sites excluding steroid dienone is 4. The molecule has 270 valence electrons. The third-order valence-corrected chi connectivity index (χ3v) is 10.6. The van der Waals surface area contributed by atoms with Gasteiger partial charge in [-0.2, -0.15) is 0 Å². The largest absolute Gasteiger partial charge is 0.310 e. The van der Waals surface area contributed by atoms with Gasteiger partial charge in [0.15, 0.2) is 17.5 Å². The van der Waals surface area contributed by atoms with Crippen molar-refractivity contribution in [1.29, 1.82) is 0 Å². The average molecular weight is 732 g/mol. The molecule has 1 aliphatic heterocycles. The van der Waals surface area contributed by atoms with Gasteiger partial charge in [-0.05, 0) is 60.0 Å². The van der Waals surface area contributed by atoms with Gasteiger partial charge in [0.1, 0.15) is 0 Å². The zero-order valence-corrected chi connectivity index (χ0v) is 31.2. The van der Waals surface area contributed by atoms with Gasteiger partial charge < -0.3 is 9.47 Å². The zero-order chi connectivity index (χ0) is 38.1. The highest BCUT2D eigenvalue weighted by molar-refractivity contribution is 6.12. The molecular formula is C52H37N5. The second kappa shape index (κ2) is 14.5. The molecule has 0 spiro atoms. The Kier molecular flexibility index (Phi) is 8.65. The summed E-state index contributed by atoms with van der Waals surface area (Å²) in [4.78, 5) is 17.5. The van der Waals surface area contributed by atoms with Crippen molar-refractivity contribution in [2.45, 2.75) is 6.42 Å². The molecule has 0 atom stereocenters. The van der Waals surface area contributed by atoms with Gasteiger partial charge in [-0.1, -0.05) is 164 Å². The smallest absolute Gasteiger partial charge is 0.166 e. The van der Waals surface area contributed by atoms with Crippen molar-refractivity contribution in [1.82, 2.24) is 19.5 Å². The summed E-state index contributed by atoms with van der Waals surface area (Å²) in [5.41, 5.74) is 12.5. The Morgan fingerprint density at radius 1 is 0.456 bits per heavy atom. The van der Waals surface area contributed by atoms with Crippen LogP contribution in [0.3, 0.4) is 0 Å². The molecule has 1 aliphatic rings. The summed E-state index contributed by atoms with van der Waals surface area (Å²) in [6, 6.07) is 61.2. The summed E-state index contributed by atoms with van der Waals surface area (Å²) in [6.07, 6.45) is 9.21. The minimum Gasteiger partial charge on any atom is -0.310 e. The molecule has 5 heteroatoms. The summed E-state index contributed by atoms with van der Waals surface area (Å²) in [5, 5.41) is 2.41. The number of aromatic nitrogens is 4. The van der Waals surface area contributed by atoms with Crippen LogP contribution in [0.1, 0.15) is 5.56 Å². The monoisotopic (exact) mass is 731 g/mol. The molecule has 0 aliphatic carbocycles. The van der Waals surface area contributed by atoms with Crippen LogP contribution in [0.2, 0.25) is 0 Å². The van der Waals surface area contributed by atoms with Crippen molar-refractivity contribution < 1.29 is 0 Å². The third kappa shape index (κ3) is 6.21. The maximum atomic E-state index is 5.14. The lowest BCUT2D eigenvalue weighted by Gasteiger charge is -2.30. The van der Waals surface area contributed by atoms with Crippen molar-refractivity contribution in [3.05, 3.63) is 218 Å². The molecule has 9 aromatic rings. The Balaban J connectivity index is 1.20. The van der Waals surface area contributed by atoms with Crippen molar-refractivity contribution in [3.8, 4) is 51.0 Å². The molecular weight excluding hydrogens is 695 g/mol. The van der Waals surface area contributed by atoms with E-state index in [2.05, 4.69) is 150 Å². The predicted molar refractivity (Wildman–Crippen MR) is 236 cm³/mol. The zero-order valence-electron chi connectivity index (χ0n) is 31.2. The minimum absolute atomic E-state index is 0.586. The molecule has 0 bridgehead atoms. The van der Waals surface area contributed by atoms with E-state index in [1.54, 1.807) is 0 Å². The van der Waals surface area contributed by atoms with Crippen molar-refractivity contribution in [2.24, 2.45) is 0 Å². The number of hydrogen-bond donors (Lipinski definition) is 0. The lowest BCUT2D eigenvalue weighted by Crippen LogP contribution is -2.18. The van der Waals surface area contributed by atoms with Crippen LogP contribution in [0.5, 0.6) is 0 Å². The molecule has 5 nitrogen and oxygen atoms in total. The first-order chi connectivity index (χ1) is 28.2. The first kappa shape index (κ1) is 33.9. The quantitative estimate of drug-likeness (QED) is 0.171. The van der Waals surface area contributed by atoms with E-state index in [4.69, 9.17) is 15.0 Å². The fourth-order valence-electron chi connectivity index (χ4n) is 7.96. The molecule has 3 heterocycles. The number of para-hydroxylation sites is 2. The number of rotatable bonds is 6. The number of anilines is 2. The number of nitrogens with zero attached hydrogens (tertiary/aromatic N) is 5. The topological polar surface area (TPSA) is 46.8 Å². The first-order valence-electron chi connectivity index (χ1n) is 19.2. The van der Waals surface area contributed by atoms with E-state index in [0.29, 0.717) is 23.9 Å². The van der Waals surface area contributed by atoms with E-state index in [-0.39, 0.29) is 0 Å². The second-order valence-electron chi connectivity index (χ2n) is 14.1. The number of hydrogen-bond acceptors (Lipinski definition) is 4. The molecule has 7 aromatic carbocycles. The third-order valence-electron chi connectivity index (χ3n) is 10.6. The van der Waals surface area contributed by atoms with E-state index < -0.39 is 0 Å². The van der Waals surface area contributed by atoms with Gasteiger partial charge in [0, 0.05) is 44.4 Å². The van der Waals surface area contributed by atoms with E-state index in [0.717, 1.165) is 45.0 Å². The van der Waals surface area contributed by atoms with Gasteiger partial charge in [0.25, 0.3) is 0 Å². The van der Waals surface area contributed by atoms with Crippen molar-refractivity contribution in [2.75, 3.05) is 4.90 Å². The van der Waals surface area contributed by atoms with E-state index >= 15 is 0 Å². The highest BCUT2D eigenvalue weighted by Gasteiger charge is 2.25. The molecule has 0 saturated carbocycles. The van der Waals surface area contributed by atoms with Crippen LogP contribution in [0.25, 0.3) is 72.8 Å². The summed E-state index contributed by atoms with van der Waals surface area (Å²) in [5.74, 6) is 1.82. The van der Waals surface area contributed by atoms with E-state index in [9.17, 15) is 0 Å². The van der Waals surface area contributed by atoms with Crippen LogP contribution in [-0.4, -0.2) is 19.5 Å². The summed E-state index contributed by atoms with van der Waals surface area (Å²) < 4.78 is 2.43. The predicted octanol–water partition coefficient (Wildman–Crippen LogP) is 13.0. The standard InChI is InChI=1S/C52H37N5/c1-36-18-6-2-13-26-44-48(35-34-43-42-25-14-16-28-46(42)57(49(43)44)41-32-30-38(31-33-41)37-19-7-3-8-20-37)56(36)47-29-17-15-27-45(47)52-54-50(39-21-9-4-10-22-39)53-51(55-52)40-23-11-5-12-24-40/h2-25,27-35H,1,26H2/b13-2-,18-6-. The lowest BCUT2D eigenvalue weighted by molar-refractivity contribution is 1.07. The molecule has 0 N–H and O–H groups in total. The van der Waals surface area contributed by atoms with Crippen LogP contribution < -0.4 is 4.90 Å². The summed E-state index contributed by atoms with van der Waals surface area (Å²) in [7, 11) is 0. The van der Waals surface area contributed by atoms with Gasteiger partial charge in [-0.25, -0.2) is 15.0 Å². The molecule has 10 rings (SSSR count). The average Bonchev–Trinajstić information content (AvgIpc) is 3.65. The first-order valence-corrected chi connectivity index (χ1v) is 19.2. The molecule has 0 unspecified atom stereocenters. The van der Waals surface area contributed by atoms with Gasteiger partial charge in [0.2, 0.25) is 0 Å². The van der Waals surface area contributed by atoms with Gasteiger partial charge in [0.05, 0.1) is 22.4 Å². The van der Waals surface area contributed by atoms with Gasteiger partial charge >= 0.3 is 0 Å². The SMILES string of the molecule is C=C1/C=C\C=C/Cc2c(ccc3c4ccccc4n(-c4ccc(-c5ccccc5)cc4)c23)N1c1ccccc1-c1nc(-c2ccccc2)nc(-c2ccccc2)n1. The summed E-state index contributed by atoms with van der Waals surface area (Å²) >= 11 is 0. The van der Waals surface area contributed by atoms with E-state index in [1.165, 1.54) is 33.0 Å². The Bertz CT molecular complexity index is 2920. The minimum atomic E-state index is 0.586. The summed E-state index contributed by atoms with van der Waals surface area (Å²) in [6.45, 7) is 4.67. The van der Waals surface area contributed by atoms with Crippen LogP contribution >= 0.6 is 0 Å².